The van der Waals surface area contributed by atoms with Crippen LogP contribution in [0.3, 0.4) is 0 Å². The van der Waals surface area contributed by atoms with Crippen LogP contribution < -0.4 is 10.4 Å². The molecule has 2 aliphatic carbocycles. The van der Waals surface area contributed by atoms with Crippen molar-refractivity contribution in [2.75, 3.05) is 0 Å². The molecule has 0 nitrogen and oxygen atoms in total. The molecule has 5 rings (SSSR count). The molecule has 0 fully saturated rings. The van der Waals surface area contributed by atoms with Gasteiger partial charge in [-0.05, 0) is 55.6 Å². The third-order valence-electron chi connectivity index (χ3n) is 4.37. The molecule has 0 spiro atoms. The van der Waals surface area contributed by atoms with Crippen LogP contribution >= 0.6 is 0 Å². The lowest BCUT2D eigenvalue weighted by Crippen LogP contribution is -2.23. The Kier molecular flexibility index (Phi) is 1.78. The van der Waals surface area contributed by atoms with Crippen molar-refractivity contribution in [3.63, 3.8) is 0 Å². The van der Waals surface area contributed by atoms with Crippen LogP contribution in [0.15, 0.2) is 66.2 Å². The zero-order valence-corrected chi connectivity index (χ0v) is 10.9. The molecule has 0 aromatic heterocycles. The van der Waals surface area contributed by atoms with E-state index in [0.29, 0.717) is 0 Å². The summed E-state index contributed by atoms with van der Waals surface area (Å²) in [7, 11) is 0. The average Bonchev–Trinajstić information content (AvgIpc) is 3.02. The van der Waals surface area contributed by atoms with E-state index in [0.717, 1.165) is 0 Å². The fourth-order valence-electron chi connectivity index (χ4n) is 3.48. The molecule has 20 heavy (non-hydrogen) atoms. The second-order valence-corrected chi connectivity index (χ2v) is 5.45. The lowest BCUT2D eigenvalue weighted by atomic mass is 10.0. The Hall–Kier alpha value is -2.60. The summed E-state index contributed by atoms with van der Waals surface area (Å²) in [4.78, 5) is 0. The summed E-state index contributed by atoms with van der Waals surface area (Å²) in [6.45, 7) is 0. The van der Waals surface area contributed by atoms with Crippen molar-refractivity contribution in [2.24, 2.45) is 0 Å². The molecule has 0 heterocycles. The predicted molar refractivity (Wildman–Crippen MR) is 84.6 cm³/mol. The molecule has 3 aromatic carbocycles. The maximum absolute atomic E-state index is 2.34. The minimum Gasteiger partial charge on any atom is -0.0616 e. The van der Waals surface area contributed by atoms with Gasteiger partial charge in [-0.1, -0.05) is 60.7 Å². The van der Waals surface area contributed by atoms with Crippen LogP contribution in [0.1, 0.15) is 11.1 Å². The number of hydrogen-bond donors (Lipinski definition) is 0. The highest BCUT2D eigenvalue weighted by Crippen LogP contribution is 2.35. The van der Waals surface area contributed by atoms with Gasteiger partial charge >= 0.3 is 0 Å². The number of fused-ring (bicyclic) bond motifs is 6. The van der Waals surface area contributed by atoms with Gasteiger partial charge in [0.15, 0.2) is 0 Å². The van der Waals surface area contributed by atoms with Crippen molar-refractivity contribution in [3.05, 3.63) is 87.8 Å². The first-order valence-electron chi connectivity index (χ1n) is 6.97. The molecule has 0 bridgehead atoms. The van der Waals surface area contributed by atoms with Crippen LogP contribution in [0.25, 0.3) is 28.5 Å². The molecule has 0 atom stereocenters. The zero-order valence-electron chi connectivity index (χ0n) is 10.9. The Bertz CT molecular complexity index is 1030. The van der Waals surface area contributed by atoms with E-state index >= 15 is 0 Å². The van der Waals surface area contributed by atoms with Crippen molar-refractivity contribution in [3.8, 4) is 0 Å². The smallest absolute Gasteiger partial charge is 0.00262 e. The van der Waals surface area contributed by atoms with Gasteiger partial charge in [-0.3, -0.25) is 0 Å². The molecule has 0 saturated carbocycles. The van der Waals surface area contributed by atoms with Crippen molar-refractivity contribution < 1.29 is 0 Å². The number of allylic oxidation sites excluding steroid dienone is 1. The van der Waals surface area contributed by atoms with E-state index in [2.05, 4.69) is 72.8 Å². The Morgan fingerprint density at radius 1 is 0.650 bits per heavy atom. The molecule has 0 saturated heterocycles. The second-order valence-electron chi connectivity index (χ2n) is 5.45. The SMILES string of the molecule is C1=C2C=c3c(ccc4ccccc34)=C2c2ccccc21. The first-order chi connectivity index (χ1) is 9.92. The summed E-state index contributed by atoms with van der Waals surface area (Å²) < 4.78 is 0. The van der Waals surface area contributed by atoms with Crippen molar-refractivity contribution in [1.82, 2.24) is 0 Å². The summed E-state index contributed by atoms with van der Waals surface area (Å²) in [6, 6.07) is 21.8. The third kappa shape index (κ3) is 1.16. The maximum Gasteiger partial charge on any atom is -0.00262 e. The van der Waals surface area contributed by atoms with Crippen molar-refractivity contribution in [2.45, 2.75) is 0 Å². The van der Waals surface area contributed by atoms with Crippen LogP contribution in [0.5, 0.6) is 0 Å². The lowest BCUT2D eigenvalue weighted by Gasteiger charge is -2.02. The minimum atomic E-state index is 1.32. The summed E-state index contributed by atoms with van der Waals surface area (Å²) >= 11 is 0. The molecule has 3 aromatic rings. The molecule has 0 unspecified atom stereocenters. The highest BCUT2D eigenvalue weighted by atomic mass is 14.2. The van der Waals surface area contributed by atoms with E-state index in [4.69, 9.17) is 0 Å². The van der Waals surface area contributed by atoms with Gasteiger partial charge in [-0.25, -0.2) is 0 Å². The normalized spacial score (nSPS) is 14.6. The highest BCUT2D eigenvalue weighted by Gasteiger charge is 2.21. The molecule has 2 aliphatic rings. The van der Waals surface area contributed by atoms with E-state index in [1.165, 1.54) is 43.5 Å². The third-order valence-corrected chi connectivity index (χ3v) is 4.37. The number of benzene rings is 3. The molecule has 0 aliphatic heterocycles. The molecule has 0 heteroatoms. The van der Waals surface area contributed by atoms with Gasteiger partial charge < -0.3 is 0 Å². The van der Waals surface area contributed by atoms with Gasteiger partial charge in [-0.2, -0.15) is 0 Å². The summed E-state index contributed by atoms with van der Waals surface area (Å²) in [5.74, 6) is 0. The molecule has 0 radical (unpaired) electrons. The molecular formula is C20H12. The Morgan fingerprint density at radius 2 is 1.50 bits per heavy atom. The van der Waals surface area contributed by atoms with Gasteiger partial charge in [0.05, 0.1) is 0 Å². The number of rotatable bonds is 0. The van der Waals surface area contributed by atoms with Crippen LogP contribution in [-0.2, 0) is 0 Å². The van der Waals surface area contributed by atoms with Crippen LogP contribution in [-0.4, -0.2) is 0 Å². The topological polar surface area (TPSA) is 0 Å². The summed E-state index contributed by atoms with van der Waals surface area (Å²) in [5.41, 5.74) is 5.47. The van der Waals surface area contributed by atoms with Gasteiger partial charge in [-0.15, -0.1) is 0 Å². The molecule has 0 N–H and O–H groups in total. The standard InChI is InChI=1S/C20H12/c1-3-7-16-13(5-1)9-10-18-19(16)12-15-11-14-6-2-4-8-17(14)20(15)18/h1-12H. The van der Waals surface area contributed by atoms with Gasteiger partial charge in [0.1, 0.15) is 0 Å². The Morgan fingerprint density at radius 3 is 2.50 bits per heavy atom. The fraction of sp³-hybridized carbons (Fsp3) is 0. The highest BCUT2D eigenvalue weighted by molar-refractivity contribution is 6.05. The van der Waals surface area contributed by atoms with Crippen LogP contribution in [0.4, 0.5) is 0 Å². The van der Waals surface area contributed by atoms with Gasteiger partial charge in [0, 0.05) is 0 Å². The van der Waals surface area contributed by atoms with E-state index in [-0.39, 0.29) is 0 Å². The van der Waals surface area contributed by atoms with E-state index in [9.17, 15) is 0 Å². The summed E-state index contributed by atoms with van der Waals surface area (Å²) in [6.07, 6.45) is 4.65. The second kappa shape index (κ2) is 3.49. The lowest BCUT2D eigenvalue weighted by molar-refractivity contribution is 1.55. The summed E-state index contributed by atoms with van der Waals surface area (Å²) in [5, 5.41) is 5.42. The largest absolute Gasteiger partial charge is 0.0616 e. The quantitative estimate of drug-likeness (QED) is 0.576. The Balaban J connectivity index is 2.01. The first-order valence-corrected chi connectivity index (χ1v) is 6.97. The zero-order chi connectivity index (χ0) is 13.1. The maximum atomic E-state index is 2.34. The van der Waals surface area contributed by atoms with E-state index in [1.807, 2.05) is 0 Å². The fourth-order valence-corrected chi connectivity index (χ4v) is 3.48. The monoisotopic (exact) mass is 252 g/mol. The van der Waals surface area contributed by atoms with Crippen molar-refractivity contribution >= 4 is 28.5 Å². The predicted octanol–water partition coefficient (Wildman–Crippen LogP) is 3.23. The van der Waals surface area contributed by atoms with Gasteiger partial charge in [0.2, 0.25) is 0 Å². The Labute approximate surface area is 117 Å². The molecule has 92 valence electrons. The van der Waals surface area contributed by atoms with Gasteiger partial charge in [0.25, 0.3) is 0 Å². The average molecular weight is 252 g/mol. The minimum absolute atomic E-state index is 1.32. The molecule has 0 amide bonds. The molecular weight excluding hydrogens is 240 g/mol. The van der Waals surface area contributed by atoms with Crippen molar-refractivity contribution in [1.29, 1.82) is 0 Å². The number of hydrogen-bond acceptors (Lipinski definition) is 0. The van der Waals surface area contributed by atoms with E-state index in [1.54, 1.807) is 0 Å². The van der Waals surface area contributed by atoms with E-state index < -0.39 is 0 Å². The van der Waals surface area contributed by atoms with Crippen LogP contribution in [0.2, 0.25) is 0 Å². The first kappa shape index (κ1) is 10.2. The van der Waals surface area contributed by atoms with Crippen LogP contribution in [0, 0.1) is 0 Å².